The standard InChI is InChI=1S/C12H20N2O/c13-11-4-1-3-10(7-11)8-14-9-12-5-2-6-15-12/h2,5-6,10-11,14H,1,3-4,7-9,13H2. The van der Waals surface area contributed by atoms with Gasteiger partial charge in [0.1, 0.15) is 5.76 Å². The van der Waals surface area contributed by atoms with Crippen molar-refractivity contribution in [3.63, 3.8) is 0 Å². The summed E-state index contributed by atoms with van der Waals surface area (Å²) in [7, 11) is 0. The van der Waals surface area contributed by atoms with Crippen LogP contribution in [-0.4, -0.2) is 12.6 Å². The van der Waals surface area contributed by atoms with Gasteiger partial charge in [-0.1, -0.05) is 6.42 Å². The van der Waals surface area contributed by atoms with Gasteiger partial charge in [0, 0.05) is 6.04 Å². The topological polar surface area (TPSA) is 51.2 Å². The molecule has 1 aromatic heterocycles. The van der Waals surface area contributed by atoms with Gasteiger partial charge in [-0.15, -0.1) is 0 Å². The molecule has 0 spiro atoms. The normalized spacial score (nSPS) is 26.7. The van der Waals surface area contributed by atoms with Gasteiger partial charge in [-0.3, -0.25) is 0 Å². The highest BCUT2D eigenvalue weighted by Crippen LogP contribution is 2.22. The number of hydrogen-bond donors (Lipinski definition) is 2. The molecule has 1 aromatic rings. The zero-order valence-electron chi connectivity index (χ0n) is 9.11. The van der Waals surface area contributed by atoms with Gasteiger partial charge in [0.25, 0.3) is 0 Å². The molecule has 15 heavy (non-hydrogen) atoms. The van der Waals surface area contributed by atoms with Crippen LogP contribution in [0.2, 0.25) is 0 Å². The van der Waals surface area contributed by atoms with Crippen molar-refractivity contribution in [2.24, 2.45) is 11.7 Å². The van der Waals surface area contributed by atoms with Crippen LogP contribution >= 0.6 is 0 Å². The SMILES string of the molecule is NC1CCCC(CNCc2ccco2)C1. The monoisotopic (exact) mass is 208 g/mol. The van der Waals surface area contributed by atoms with E-state index in [0.717, 1.165) is 24.8 Å². The Kier molecular flexibility index (Phi) is 3.80. The minimum absolute atomic E-state index is 0.425. The van der Waals surface area contributed by atoms with Crippen LogP contribution in [0.1, 0.15) is 31.4 Å². The molecule has 0 amide bonds. The number of rotatable bonds is 4. The number of nitrogens with two attached hydrogens (primary N) is 1. The summed E-state index contributed by atoms with van der Waals surface area (Å²) in [6.45, 7) is 1.90. The van der Waals surface area contributed by atoms with E-state index < -0.39 is 0 Å². The Hall–Kier alpha value is -0.800. The summed E-state index contributed by atoms with van der Waals surface area (Å²) in [6.07, 6.45) is 6.69. The van der Waals surface area contributed by atoms with Gasteiger partial charge < -0.3 is 15.5 Å². The lowest BCUT2D eigenvalue weighted by Gasteiger charge is -2.26. The molecule has 0 aliphatic heterocycles. The molecule has 2 rings (SSSR count). The molecule has 3 heteroatoms. The molecule has 1 heterocycles. The first-order valence-corrected chi connectivity index (χ1v) is 5.83. The van der Waals surface area contributed by atoms with Crippen LogP contribution in [0.4, 0.5) is 0 Å². The van der Waals surface area contributed by atoms with Crippen LogP contribution in [0.15, 0.2) is 22.8 Å². The van der Waals surface area contributed by atoms with Crippen molar-refractivity contribution >= 4 is 0 Å². The van der Waals surface area contributed by atoms with E-state index in [4.69, 9.17) is 10.2 Å². The average Bonchev–Trinajstić information content (AvgIpc) is 2.71. The number of furan rings is 1. The zero-order valence-corrected chi connectivity index (χ0v) is 9.11. The first-order valence-electron chi connectivity index (χ1n) is 5.83. The minimum atomic E-state index is 0.425. The van der Waals surface area contributed by atoms with Gasteiger partial charge in [0.2, 0.25) is 0 Å². The first-order chi connectivity index (χ1) is 7.34. The molecule has 1 saturated carbocycles. The van der Waals surface area contributed by atoms with Crippen LogP contribution < -0.4 is 11.1 Å². The maximum Gasteiger partial charge on any atom is 0.117 e. The Balaban J connectivity index is 1.65. The lowest BCUT2D eigenvalue weighted by molar-refractivity contribution is 0.307. The van der Waals surface area contributed by atoms with Gasteiger partial charge in [0.15, 0.2) is 0 Å². The highest BCUT2D eigenvalue weighted by Gasteiger charge is 2.18. The van der Waals surface area contributed by atoms with E-state index in [2.05, 4.69) is 5.32 Å². The van der Waals surface area contributed by atoms with Crippen molar-refractivity contribution in [2.75, 3.05) is 6.54 Å². The first kappa shape index (κ1) is 10.7. The molecule has 1 fully saturated rings. The zero-order chi connectivity index (χ0) is 10.5. The van der Waals surface area contributed by atoms with Crippen LogP contribution in [0.5, 0.6) is 0 Å². The summed E-state index contributed by atoms with van der Waals surface area (Å²) < 4.78 is 5.26. The molecule has 0 radical (unpaired) electrons. The van der Waals surface area contributed by atoms with Gasteiger partial charge in [-0.2, -0.15) is 0 Å². The van der Waals surface area contributed by atoms with Crippen molar-refractivity contribution in [2.45, 2.75) is 38.3 Å². The lowest BCUT2D eigenvalue weighted by atomic mass is 9.86. The largest absolute Gasteiger partial charge is 0.468 e. The summed E-state index contributed by atoms with van der Waals surface area (Å²) in [6, 6.07) is 4.35. The van der Waals surface area contributed by atoms with Gasteiger partial charge in [-0.05, 0) is 43.9 Å². The van der Waals surface area contributed by atoms with Crippen molar-refractivity contribution in [1.82, 2.24) is 5.32 Å². The van der Waals surface area contributed by atoms with E-state index in [9.17, 15) is 0 Å². The third-order valence-electron chi connectivity index (χ3n) is 3.14. The summed E-state index contributed by atoms with van der Waals surface area (Å²) in [4.78, 5) is 0. The van der Waals surface area contributed by atoms with Crippen molar-refractivity contribution in [1.29, 1.82) is 0 Å². The molecule has 1 aliphatic carbocycles. The highest BCUT2D eigenvalue weighted by molar-refractivity contribution is 4.97. The molecule has 1 aliphatic rings. The molecule has 0 saturated heterocycles. The van der Waals surface area contributed by atoms with E-state index in [-0.39, 0.29) is 0 Å². The highest BCUT2D eigenvalue weighted by atomic mass is 16.3. The second-order valence-corrected chi connectivity index (χ2v) is 4.50. The van der Waals surface area contributed by atoms with Crippen molar-refractivity contribution in [3.05, 3.63) is 24.2 Å². The molecular weight excluding hydrogens is 188 g/mol. The maximum atomic E-state index is 5.95. The van der Waals surface area contributed by atoms with Crippen LogP contribution in [0.3, 0.4) is 0 Å². The summed E-state index contributed by atoms with van der Waals surface area (Å²) in [5.41, 5.74) is 5.95. The fourth-order valence-corrected chi connectivity index (χ4v) is 2.33. The Morgan fingerprint density at radius 1 is 1.47 bits per heavy atom. The summed E-state index contributed by atoms with van der Waals surface area (Å²) in [5.74, 6) is 1.76. The molecule has 84 valence electrons. The van der Waals surface area contributed by atoms with E-state index in [1.54, 1.807) is 6.26 Å². The fourth-order valence-electron chi connectivity index (χ4n) is 2.33. The van der Waals surface area contributed by atoms with E-state index in [0.29, 0.717) is 6.04 Å². The van der Waals surface area contributed by atoms with E-state index in [1.165, 1.54) is 25.7 Å². The molecule has 2 unspecified atom stereocenters. The van der Waals surface area contributed by atoms with Crippen LogP contribution in [-0.2, 0) is 6.54 Å². The van der Waals surface area contributed by atoms with E-state index >= 15 is 0 Å². The number of nitrogens with one attached hydrogen (secondary N) is 1. The molecular formula is C12H20N2O. The van der Waals surface area contributed by atoms with E-state index in [1.807, 2.05) is 12.1 Å². The lowest BCUT2D eigenvalue weighted by Crippen LogP contribution is -2.33. The average molecular weight is 208 g/mol. The van der Waals surface area contributed by atoms with Crippen LogP contribution in [0.25, 0.3) is 0 Å². The van der Waals surface area contributed by atoms with Gasteiger partial charge >= 0.3 is 0 Å². The predicted molar refractivity (Wildman–Crippen MR) is 60.3 cm³/mol. The van der Waals surface area contributed by atoms with Crippen LogP contribution in [0, 0.1) is 5.92 Å². The van der Waals surface area contributed by atoms with Crippen molar-refractivity contribution in [3.8, 4) is 0 Å². The van der Waals surface area contributed by atoms with Gasteiger partial charge in [-0.25, -0.2) is 0 Å². The smallest absolute Gasteiger partial charge is 0.117 e. The quantitative estimate of drug-likeness (QED) is 0.794. The second kappa shape index (κ2) is 5.33. The van der Waals surface area contributed by atoms with Gasteiger partial charge in [0.05, 0.1) is 12.8 Å². The fraction of sp³-hybridized carbons (Fsp3) is 0.667. The Bertz CT molecular complexity index is 271. The Morgan fingerprint density at radius 2 is 2.40 bits per heavy atom. The second-order valence-electron chi connectivity index (χ2n) is 4.50. The maximum absolute atomic E-state index is 5.95. The molecule has 3 nitrogen and oxygen atoms in total. The summed E-state index contributed by atoms with van der Waals surface area (Å²) in [5, 5.41) is 3.43. The minimum Gasteiger partial charge on any atom is -0.468 e. The summed E-state index contributed by atoms with van der Waals surface area (Å²) >= 11 is 0. The molecule has 2 atom stereocenters. The third-order valence-corrected chi connectivity index (χ3v) is 3.14. The molecule has 0 bridgehead atoms. The molecule has 3 N–H and O–H groups in total. The third kappa shape index (κ3) is 3.36. The molecule has 0 aromatic carbocycles. The predicted octanol–water partition coefficient (Wildman–Crippen LogP) is 1.89. The Morgan fingerprint density at radius 3 is 3.13 bits per heavy atom. The van der Waals surface area contributed by atoms with Crippen molar-refractivity contribution < 1.29 is 4.42 Å². The number of hydrogen-bond acceptors (Lipinski definition) is 3. The Labute approximate surface area is 91.0 Å².